The van der Waals surface area contributed by atoms with Gasteiger partial charge in [0, 0.05) is 18.7 Å². The minimum atomic E-state index is -0.946. The second-order valence-electron chi connectivity index (χ2n) is 3.99. The van der Waals surface area contributed by atoms with Crippen LogP contribution in [0.1, 0.15) is 42.0 Å². The molecule has 1 unspecified atom stereocenters. The van der Waals surface area contributed by atoms with E-state index in [4.69, 9.17) is 5.21 Å². The van der Waals surface area contributed by atoms with Crippen LogP contribution in [-0.2, 0) is 11.3 Å². The number of aryl methyl sites for hydroxylation is 1. The van der Waals surface area contributed by atoms with Crippen molar-refractivity contribution in [2.75, 3.05) is 0 Å². The van der Waals surface area contributed by atoms with Crippen molar-refractivity contribution in [3.8, 4) is 0 Å². The van der Waals surface area contributed by atoms with E-state index in [1.807, 2.05) is 6.92 Å². The van der Waals surface area contributed by atoms with E-state index in [1.54, 1.807) is 0 Å². The normalized spacial score (nSPS) is 18.6. The zero-order valence-electron chi connectivity index (χ0n) is 9.34. The largest absolute Gasteiger partial charge is 0.366 e. The number of aromatic nitrogens is 2. The van der Waals surface area contributed by atoms with Crippen LogP contribution in [0.3, 0.4) is 0 Å². The van der Waals surface area contributed by atoms with Gasteiger partial charge in [0.25, 0.3) is 5.56 Å². The number of rotatable bonds is 2. The van der Waals surface area contributed by atoms with Gasteiger partial charge in [-0.1, -0.05) is 0 Å². The van der Waals surface area contributed by atoms with E-state index in [0.29, 0.717) is 5.82 Å². The van der Waals surface area contributed by atoms with Gasteiger partial charge in [-0.3, -0.25) is 14.6 Å². The molecule has 1 atom stereocenters. The molecule has 0 spiro atoms. The highest BCUT2D eigenvalue weighted by Crippen LogP contribution is 2.20. The molecule has 1 aromatic heterocycles. The van der Waals surface area contributed by atoms with E-state index in [-0.39, 0.29) is 11.6 Å². The first-order chi connectivity index (χ1) is 8.15. The summed E-state index contributed by atoms with van der Waals surface area (Å²) in [6.45, 7) is 1.91. The van der Waals surface area contributed by atoms with Crippen LogP contribution in [0, 0.1) is 0 Å². The Morgan fingerprint density at radius 3 is 3.18 bits per heavy atom. The van der Waals surface area contributed by atoms with Gasteiger partial charge in [-0.05, 0) is 25.4 Å². The maximum absolute atomic E-state index is 12.1. The first kappa shape index (κ1) is 11.7. The molecule has 7 heteroatoms. The van der Waals surface area contributed by atoms with E-state index < -0.39 is 11.5 Å². The van der Waals surface area contributed by atoms with Crippen LogP contribution < -0.4 is 11.2 Å². The van der Waals surface area contributed by atoms with E-state index in [0.717, 1.165) is 19.3 Å². The lowest BCUT2D eigenvalue weighted by Crippen LogP contribution is -2.35. The van der Waals surface area contributed by atoms with Crippen LogP contribution >= 0.6 is 0 Å². The molecule has 92 valence electrons. The Morgan fingerprint density at radius 1 is 1.71 bits per heavy atom. The van der Waals surface area contributed by atoms with Gasteiger partial charge in [-0.25, -0.2) is 9.78 Å². The van der Waals surface area contributed by atoms with Crippen molar-refractivity contribution in [3.63, 3.8) is 0 Å². The molecule has 7 nitrogen and oxygen atoms in total. The first-order valence-corrected chi connectivity index (χ1v) is 5.36. The molecule has 2 heterocycles. The molecular formula is C10H13N3O4. The third kappa shape index (κ3) is 2.06. The third-order valence-corrected chi connectivity index (χ3v) is 2.89. The van der Waals surface area contributed by atoms with Gasteiger partial charge in [0.2, 0.25) is 0 Å². The number of hydrogen-bond donors (Lipinski definition) is 2. The number of carbonyl (C=O) groups is 1. The molecule has 0 aliphatic carbocycles. The highest BCUT2D eigenvalue weighted by Gasteiger charge is 2.23. The van der Waals surface area contributed by atoms with Crippen LogP contribution in [-0.4, -0.2) is 20.7 Å². The van der Waals surface area contributed by atoms with E-state index in [2.05, 4.69) is 9.82 Å². The number of hydrogen-bond acceptors (Lipinski definition) is 6. The van der Waals surface area contributed by atoms with Crippen LogP contribution in [0.4, 0.5) is 0 Å². The number of carbonyl (C=O) groups excluding carboxylic acids is 1. The smallest absolute Gasteiger partial charge is 0.340 e. The van der Waals surface area contributed by atoms with Gasteiger partial charge in [-0.2, -0.15) is 0 Å². The zero-order valence-corrected chi connectivity index (χ0v) is 9.34. The predicted octanol–water partition coefficient (Wildman–Crippen LogP) is 0.191. The average Bonchev–Trinajstić information content (AvgIpc) is 2.29. The minimum Gasteiger partial charge on any atom is -0.340 e. The fourth-order valence-corrected chi connectivity index (χ4v) is 2.06. The Balaban J connectivity index is 2.48. The van der Waals surface area contributed by atoms with E-state index >= 15 is 0 Å². The summed E-state index contributed by atoms with van der Waals surface area (Å²) < 4.78 is 1.51. The molecule has 0 amide bonds. The standard InChI is InChI=1S/C10H13N3O4/c1-6-3-2-4-8-11-5-7(9(14)13(6)8)10(15)17-12-16/h5-6,12,16H,2-4H2,1H3. The van der Waals surface area contributed by atoms with Crippen LogP contribution in [0.2, 0.25) is 0 Å². The summed E-state index contributed by atoms with van der Waals surface area (Å²) in [5, 5.41) is 8.26. The summed E-state index contributed by atoms with van der Waals surface area (Å²) in [5.74, 6) is -0.264. The lowest BCUT2D eigenvalue weighted by atomic mass is 10.1. The molecule has 0 saturated heterocycles. The summed E-state index contributed by atoms with van der Waals surface area (Å²) in [5.41, 5.74) is 0.640. The third-order valence-electron chi connectivity index (χ3n) is 2.89. The first-order valence-electron chi connectivity index (χ1n) is 5.36. The quantitative estimate of drug-likeness (QED) is 0.715. The molecule has 1 aliphatic heterocycles. The van der Waals surface area contributed by atoms with E-state index in [9.17, 15) is 9.59 Å². The maximum atomic E-state index is 12.1. The number of nitrogens with zero attached hydrogens (tertiary/aromatic N) is 2. The molecule has 0 aromatic carbocycles. The summed E-state index contributed by atoms with van der Waals surface area (Å²) in [4.78, 5) is 31.6. The Morgan fingerprint density at radius 2 is 2.47 bits per heavy atom. The van der Waals surface area contributed by atoms with Crippen molar-refractivity contribution in [3.05, 3.63) is 27.9 Å². The lowest BCUT2D eigenvalue weighted by Gasteiger charge is -2.23. The minimum absolute atomic E-state index is 0.0218. The van der Waals surface area contributed by atoms with Crippen molar-refractivity contribution < 1.29 is 14.8 Å². The summed E-state index contributed by atoms with van der Waals surface area (Å²) in [6.07, 6.45) is 3.78. The fraction of sp³-hybridized carbons (Fsp3) is 0.500. The topological polar surface area (TPSA) is 93.5 Å². The lowest BCUT2D eigenvalue weighted by molar-refractivity contribution is -0.0876. The van der Waals surface area contributed by atoms with Crippen molar-refractivity contribution in [1.29, 1.82) is 0 Å². The molecule has 2 N–H and O–H groups in total. The molecule has 0 radical (unpaired) electrons. The molecule has 0 fully saturated rings. The van der Waals surface area contributed by atoms with Crippen molar-refractivity contribution in [2.24, 2.45) is 0 Å². The Bertz CT molecular complexity index is 497. The van der Waals surface area contributed by atoms with Crippen LogP contribution in [0.5, 0.6) is 0 Å². The summed E-state index contributed by atoms with van der Waals surface area (Å²) in [7, 11) is 0. The van der Waals surface area contributed by atoms with Crippen molar-refractivity contribution in [1.82, 2.24) is 15.2 Å². The van der Waals surface area contributed by atoms with Gasteiger partial charge in [0.1, 0.15) is 11.4 Å². The monoisotopic (exact) mass is 239 g/mol. The average molecular weight is 239 g/mol. The molecule has 0 bridgehead atoms. The van der Waals surface area contributed by atoms with E-state index in [1.165, 1.54) is 16.4 Å². The van der Waals surface area contributed by atoms with Gasteiger partial charge in [0.05, 0.1) is 0 Å². The second kappa shape index (κ2) is 4.64. The Labute approximate surface area is 97.0 Å². The number of fused-ring (bicyclic) bond motifs is 1. The number of nitrogens with one attached hydrogen (secondary N) is 1. The maximum Gasteiger partial charge on any atom is 0.366 e. The van der Waals surface area contributed by atoms with Gasteiger partial charge < -0.3 is 4.84 Å². The Kier molecular flexibility index (Phi) is 3.21. The SMILES string of the molecule is CC1CCCc2ncc(C(=O)ONO)c(=O)n21. The second-order valence-corrected chi connectivity index (χ2v) is 3.99. The highest BCUT2D eigenvalue weighted by molar-refractivity contribution is 5.88. The molecule has 2 rings (SSSR count). The molecule has 17 heavy (non-hydrogen) atoms. The highest BCUT2D eigenvalue weighted by atomic mass is 16.9. The van der Waals surface area contributed by atoms with Crippen LogP contribution in [0.15, 0.2) is 11.0 Å². The molecular weight excluding hydrogens is 226 g/mol. The molecule has 1 aromatic rings. The van der Waals surface area contributed by atoms with Gasteiger partial charge >= 0.3 is 5.97 Å². The summed E-state index contributed by atoms with van der Waals surface area (Å²) in [6, 6.07) is 0.0218. The molecule has 1 aliphatic rings. The van der Waals surface area contributed by atoms with Crippen LogP contribution in [0.25, 0.3) is 0 Å². The summed E-state index contributed by atoms with van der Waals surface area (Å²) >= 11 is 0. The predicted molar refractivity (Wildman–Crippen MR) is 56.5 cm³/mol. The Hall–Kier alpha value is -1.73. The van der Waals surface area contributed by atoms with Gasteiger partial charge in [-0.15, -0.1) is 0 Å². The fourth-order valence-electron chi connectivity index (χ4n) is 2.06. The van der Waals surface area contributed by atoms with Crippen molar-refractivity contribution in [2.45, 2.75) is 32.2 Å². The zero-order chi connectivity index (χ0) is 12.4. The van der Waals surface area contributed by atoms with Crippen molar-refractivity contribution >= 4 is 5.97 Å². The molecule has 0 saturated carbocycles. The van der Waals surface area contributed by atoms with Gasteiger partial charge in [0.15, 0.2) is 0 Å².